The van der Waals surface area contributed by atoms with Crippen molar-refractivity contribution >= 4 is 21.9 Å². The van der Waals surface area contributed by atoms with Crippen molar-refractivity contribution in [1.29, 1.82) is 0 Å². The Morgan fingerprint density at radius 3 is 2.81 bits per heavy atom. The lowest BCUT2D eigenvalue weighted by Gasteiger charge is -2.05. The van der Waals surface area contributed by atoms with Crippen molar-refractivity contribution in [2.24, 2.45) is 0 Å². The van der Waals surface area contributed by atoms with Gasteiger partial charge in [-0.2, -0.15) is 0 Å². The van der Waals surface area contributed by atoms with Crippen LogP contribution in [0.5, 0.6) is 0 Å². The lowest BCUT2D eigenvalue weighted by atomic mass is 10.2. The molecule has 0 unspecified atom stereocenters. The van der Waals surface area contributed by atoms with Crippen LogP contribution in [0.2, 0.25) is 0 Å². The summed E-state index contributed by atoms with van der Waals surface area (Å²) < 4.78 is 2.26. The van der Waals surface area contributed by atoms with Gasteiger partial charge in [-0.15, -0.1) is 0 Å². The largest absolute Gasteiger partial charge is 0.478 e. The third-order valence-corrected chi connectivity index (χ3v) is 2.60. The highest BCUT2D eigenvalue weighted by atomic mass is 79.9. The molecule has 1 aromatic heterocycles. The van der Waals surface area contributed by atoms with Gasteiger partial charge >= 0.3 is 5.97 Å². The first-order valence-corrected chi connectivity index (χ1v) is 5.47. The first-order chi connectivity index (χ1) is 7.41. The molecule has 0 amide bonds. The van der Waals surface area contributed by atoms with E-state index in [-0.39, 0.29) is 17.7 Å². The molecule has 1 aromatic rings. The summed E-state index contributed by atoms with van der Waals surface area (Å²) in [6, 6.07) is 1.73. The molecule has 0 fully saturated rings. The summed E-state index contributed by atoms with van der Waals surface area (Å²) >= 11 is 3.29. The van der Waals surface area contributed by atoms with Gasteiger partial charge in [0.05, 0.1) is 0 Å². The van der Waals surface area contributed by atoms with Crippen LogP contribution >= 0.6 is 15.9 Å². The first kappa shape index (κ1) is 12.7. The molecule has 0 aliphatic heterocycles. The van der Waals surface area contributed by atoms with Crippen molar-refractivity contribution in [3.63, 3.8) is 0 Å². The zero-order chi connectivity index (χ0) is 12.3. The van der Waals surface area contributed by atoms with Crippen LogP contribution < -0.4 is 5.56 Å². The molecule has 1 rings (SSSR count). The number of pyridine rings is 1. The number of hydrogen-bond acceptors (Lipinski definition) is 2. The van der Waals surface area contributed by atoms with Crippen molar-refractivity contribution in [3.8, 4) is 0 Å². The number of halogens is 1. The van der Waals surface area contributed by atoms with E-state index in [0.717, 1.165) is 4.47 Å². The SMILES string of the molecule is C/C(=C/Cn1cc(Br)cc(C)c1=O)C(=O)O. The van der Waals surface area contributed by atoms with E-state index in [4.69, 9.17) is 5.11 Å². The first-order valence-electron chi connectivity index (χ1n) is 4.68. The normalized spacial score (nSPS) is 11.6. The van der Waals surface area contributed by atoms with Crippen LogP contribution in [-0.2, 0) is 11.3 Å². The summed E-state index contributed by atoms with van der Waals surface area (Å²) in [5, 5.41) is 8.67. The van der Waals surface area contributed by atoms with Gasteiger partial charge in [0.25, 0.3) is 5.56 Å². The van der Waals surface area contributed by atoms with Gasteiger partial charge in [-0.05, 0) is 35.8 Å². The Bertz CT molecular complexity index is 502. The van der Waals surface area contributed by atoms with Gasteiger partial charge < -0.3 is 9.67 Å². The van der Waals surface area contributed by atoms with Gasteiger partial charge in [-0.3, -0.25) is 4.79 Å². The zero-order valence-corrected chi connectivity index (χ0v) is 10.6. The second-order valence-corrected chi connectivity index (χ2v) is 4.41. The van der Waals surface area contributed by atoms with Crippen molar-refractivity contribution in [2.45, 2.75) is 20.4 Å². The molecule has 5 heteroatoms. The van der Waals surface area contributed by atoms with Gasteiger partial charge in [0, 0.05) is 28.4 Å². The summed E-state index contributed by atoms with van der Waals surface area (Å²) in [7, 11) is 0. The summed E-state index contributed by atoms with van der Waals surface area (Å²) in [5.41, 5.74) is 0.734. The maximum atomic E-state index is 11.7. The minimum Gasteiger partial charge on any atom is -0.478 e. The van der Waals surface area contributed by atoms with Crippen LogP contribution in [0, 0.1) is 6.92 Å². The van der Waals surface area contributed by atoms with Gasteiger partial charge in [0.1, 0.15) is 0 Å². The number of hydrogen-bond donors (Lipinski definition) is 1. The third-order valence-electron chi connectivity index (χ3n) is 2.16. The summed E-state index contributed by atoms with van der Waals surface area (Å²) in [6.45, 7) is 3.48. The molecule has 86 valence electrons. The minimum absolute atomic E-state index is 0.113. The molecule has 0 aromatic carbocycles. The number of aromatic nitrogens is 1. The molecule has 0 saturated heterocycles. The zero-order valence-electron chi connectivity index (χ0n) is 9.03. The second-order valence-electron chi connectivity index (χ2n) is 3.49. The maximum absolute atomic E-state index is 11.7. The molecule has 4 nitrogen and oxygen atoms in total. The van der Waals surface area contributed by atoms with E-state index in [9.17, 15) is 9.59 Å². The fraction of sp³-hybridized carbons (Fsp3) is 0.273. The Morgan fingerprint density at radius 2 is 2.25 bits per heavy atom. The summed E-state index contributed by atoms with van der Waals surface area (Å²) in [6.07, 6.45) is 3.15. The van der Waals surface area contributed by atoms with E-state index < -0.39 is 5.97 Å². The van der Waals surface area contributed by atoms with Crippen LogP contribution in [0.1, 0.15) is 12.5 Å². The van der Waals surface area contributed by atoms with Crippen molar-refractivity contribution in [3.05, 3.63) is 44.3 Å². The molecule has 16 heavy (non-hydrogen) atoms. The Hall–Kier alpha value is -1.36. The number of aliphatic carboxylic acids is 1. The molecule has 0 spiro atoms. The van der Waals surface area contributed by atoms with E-state index in [1.165, 1.54) is 17.6 Å². The lowest BCUT2D eigenvalue weighted by molar-refractivity contribution is -0.132. The smallest absolute Gasteiger partial charge is 0.331 e. The molecule has 0 atom stereocenters. The van der Waals surface area contributed by atoms with Crippen LogP contribution in [-0.4, -0.2) is 15.6 Å². The Balaban J connectivity index is 3.03. The molecule has 0 aliphatic carbocycles. The van der Waals surface area contributed by atoms with Crippen LogP contribution in [0.4, 0.5) is 0 Å². The number of carbonyl (C=O) groups is 1. The van der Waals surface area contributed by atoms with E-state index in [0.29, 0.717) is 5.56 Å². The van der Waals surface area contributed by atoms with E-state index in [1.54, 1.807) is 19.2 Å². The molecule has 0 radical (unpaired) electrons. The van der Waals surface area contributed by atoms with Crippen molar-refractivity contribution in [1.82, 2.24) is 4.57 Å². The van der Waals surface area contributed by atoms with E-state index >= 15 is 0 Å². The molecule has 1 N–H and O–H groups in total. The molecular formula is C11H12BrNO3. The quantitative estimate of drug-likeness (QED) is 0.864. The minimum atomic E-state index is -0.972. The fourth-order valence-electron chi connectivity index (χ4n) is 1.20. The summed E-state index contributed by atoms with van der Waals surface area (Å²) in [5.74, 6) is -0.972. The fourth-order valence-corrected chi connectivity index (χ4v) is 1.79. The van der Waals surface area contributed by atoms with Gasteiger partial charge in [-0.25, -0.2) is 4.79 Å². The lowest BCUT2D eigenvalue weighted by Crippen LogP contribution is -2.21. The number of carboxylic acid groups (broad SMARTS) is 1. The van der Waals surface area contributed by atoms with Crippen LogP contribution in [0.15, 0.2) is 33.2 Å². The molecule has 0 aliphatic rings. The number of carboxylic acids is 1. The van der Waals surface area contributed by atoms with Crippen molar-refractivity contribution in [2.75, 3.05) is 0 Å². The maximum Gasteiger partial charge on any atom is 0.331 e. The Labute approximate surface area is 101 Å². The highest BCUT2D eigenvalue weighted by Gasteiger charge is 2.02. The Kier molecular flexibility index (Phi) is 4.06. The predicted octanol–water partition coefficient (Wildman–Crippen LogP) is 1.95. The predicted molar refractivity (Wildman–Crippen MR) is 64.5 cm³/mol. The molecule has 1 heterocycles. The van der Waals surface area contributed by atoms with Gasteiger partial charge in [0.15, 0.2) is 0 Å². The molecule has 0 saturated carbocycles. The number of nitrogens with zero attached hydrogens (tertiary/aromatic N) is 1. The second kappa shape index (κ2) is 5.12. The number of rotatable bonds is 3. The van der Waals surface area contributed by atoms with Crippen LogP contribution in [0.25, 0.3) is 0 Å². The molecular weight excluding hydrogens is 274 g/mol. The van der Waals surface area contributed by atoms with Crippen LogP contribution in [0.3, 0.4) is 0 Å². The standard InChI is InChI=1S/C11H12BrNO3/c1-7(11(15)16)3-4-13-6-9(12)5-8(2)10(13)14/h3,5-6H,4H2,1-2H3,(H,15,16)/b7-3-. The summed E-state index contributed by atoms with van der Waals surface area (Å²) in [4.78, 5) is 22.2. The highest BCUT2D eigenvalue weighted by molar-refractivity contribution is 9.10. The topological polar surface area (TPSA) is 59.3 Å². The third kappa shape index (κ3) is 3.06. The van der Waals surface area contributed by atoms with Gasteiger partial charge in [0.2, 0.25) is 0 Å². The van der Waals surface area contributed by atoms with Crippen molar-refractivity contribution < 1.29 is 9.90 Å². The van der Waals surface area contributed by atoms with E-state index in [2.05, 4.69) is 15.9 Å². The number of aryl methyl sites for hydroxylation is 1. The average Bonchev–Trinajstić information content (AvgIpc) is 2.20. The highest BCUT2D eigenvalue weighted by Crippen LogP contribution is 2.08. The average molecular weight is 286 g/mol. The van der Waals surface area contributed by atoms with E-state index in [1.807, 2.05) is 0 Å². The number of allylic oxidation sites excluding steroid dienone is 1. The Morgan fingerprint density at radius 1 is 1.62 bits per heavy atom. The molecule has 0 bridgehead atoms. The van der Waals surface area contributed by atoms with Gasteiger partial charge in [-0.1, -0.05) is 6.08 Å². The monoisotopic (exact) mass is 285 g/mol.